The van der Waals surface area contributed by atoms with Crippen molar-refractivity contribution < 1.29 is 9.53 Å². The summed E-state index contributed by atoms with van der Waals surface area (Å²) in [6, 6.07) is 5.66. The van der Waals surface area contributed by atoms with Crippen LogP contribution in [0.4, 0.5) is 5.69 Å². The van der Waals surface area contributed by atoms with E-state index in [1.54, 1.807) is 10.9 Å². The van der Waals surface area contributed by atoms with Gasteiger partial charge in [-0.15, -0.1) is 0 Å². The van der Waals surface area contributed by atoms with Crippen LogP contribution in [0.25, 0.3) is 5.82 Å². The molecule has 21 heavy (non-hydrogen) atoms. The molecule has 1 aliphatic heterocycles. The summed E-state index contributed by atoms with van der Waals surface area (Å²) >= 11 is 0. The predicted molar refractivity (Wildman–Crippen MR) is 78.4 cm³/mol. The number of aromatic nitrogens is 3. The van der Waals surface area contributed by atoms with Crippen molar-refractivity contribution in [3.05, 3.63) is 35.8 Å². The largest absolute Gasteiger partial charge is 0.368 e. The van der Waals surface area contributed by atoms with E-state index in [0.29, 0.717) is 12.3 Å². The van der Waals surface area contributed by atoms with Gasteiger partial charge in [0.05, 0.1) is 17.6 Å². The highest BCUT2D eigenvalue weighted by molar-refractivity contribution is 5.94. The molecule has 0 unspecified atom stereocenters. The van der Waals surface area contributed by atoms with Crippen molar-refractivity contribution in [1.29, 1.82) is 0 Å². The van der Waals surface area contributed by atoms with E-state index < -0.39 is 0 Å². The first-order chi connectivity index (χ1) is 10.1. The molecule has 2 aromatic rings. The van der Waals surface area contributed by atoms with Crippen LogP contribution in [-0.4, -0.2) is 33.4 Å². The molecule has 6 nitrogen and oxygen atoms in total. The number of rotatable bonds is 3. The van der Waals surface area contributed by atoms with Crippen molar-refractivity contribution in [2.24, 2.45) is 0 Å². The average Bonchev–Trinajstić information content (AvgIpc) is 3.09. The Morgan fingerprint density at radius 1 is 1.43 bits per heavy atom. The van der Waals surface area contributed by atoms with Gasteiger partial charge in [-0.25, -0.2) is 9.67 Å². The van der Waals surface area contributed by atoms with Gasteiger partial charge in [-0.3, -0.25) is 4.79 Å². The van der Waals surface area contributed by atoms with Gasteiger partial charge in [-0.2, -0.15) is 5.10 Å². The number of aryl methyl sites for hydroxylation is 2. The first-order valence-electron chi connectivity index (χ1n) is 7.05. The second-order valence-corrected chi connectivity index (χ2v) is 5.23. The summed E-state index contributed by atoms with van der Waals surface area (Å²) in [5.41, 5.74) is 2.64. The molecule has 1 saturated heterocycles. The van der Waals surface area contributed by atoms with Crippen molar-refractivity contribution in [3.63, 3.8) is 0 Å². The molecule has 0 spiro atoms. The minimum Gasteiger partial charge on any atom is -0.368 e. The minimum atomic E-state index is -0.333. The monoisotopic (exact) mass is 286 g/mol. The number of nitrogens with zero attached hydrogens (tertiary/aromatic N) is 3. The SMILES string of the molecule is Cc1cc(C)n(-c2ccc(NC(=O)[C@@H]3CCCO3)cn2)n1. The van der Waals surface area contributed by atoms with Crippen LogP contribution in [0.5, 0.6) is 0 Å². The maximum absolute atomic E-state index is 11.9. The van der Waals surface area contributed by atoms with Gasteiger partial charge in [-0.1, -0.05) is 0 Å². The molecule has 1 N–H and O–H groups in total. The number of carbonyl (C=O) groups excluding carboxylic acids is 1. The normalized spacial score (nSPS) is 17.9. The first-order valence-corrected chi connectivity index (χ1v) is 7.05. The summed E-state index contributed by atoms with van der Waals surface area (Å²) in [6.07, 6.45) is 3.02. The van der Waals surface area contributed by atoms with E-state index in [9.17, 15) is 4.79 Å². The standard InChI is InChI=1S/C15H18N4O2/c1-10-8-11(2)19(18-10)14-6-5-12(9-16-14)17-15(20)13-4-3-7-21-13/h5-6,8-9,13H,3-4,7H2,1-2H3,(H,17,20)/t13-/m0/s1. The Labute approximate surface area is 123 Å². The van der Waals surface area contributed by atoms with Crippen molar-refractivity contribution in [2.75, 3.05) is 11.9 Å². The summed E-state index contributed by atoms with van der Waals surface area (Å²) in [7, 11) is 0. The van der Waals surface area contributed by atoms with E-state index in [4.69, 9.17) is 4.74 Å². The molecule has 110 valence electrons. The quantitative estimate of drug-likeness (QED) is 0.937. The zero-order chi connectivity index (χ0) is 14.8. The molecule has 0 saturated carbocycles. The first kappa shape index (κ1) is 13.8. The molecule has 1 amide bonds. The Hall–Kier alpha value is -2.21. The highest BCUT2D eigenvalue weighted by atomic mass is 16.5. The van der Waals surface area contributed by atoms with Crippen LogP contribution in [0.1, 0.15) is 24.2 Å². The smallest absolute Gasteiger partial charge is 0.253 e. The Balaban J connectivity index is 1.72. The number of amides is 1. The fourth-order valence-electron chi connectivity index (χ4n) is 2.45. The van der Waals surface area contributed by atoms with Gasteiger partial charge in [0.15, 0.2) is 5.82 Å². The average molecular weight is 286 g/mol. The molecule has 2 aromatic heterocycles. The molecule has 0 aromatic carbocycles. The van der Waals surface area contributed by atoms with E-state index in [2.05, 4.69) is 15.4 Å². The van der Waals surface area contributed by atoms with E-state index in [0.717, 1.165) is 30.0 Å². The molecule has 0 aliphatic carbocycles. The maximum atomic E-state index is 11.9. The summed E-state index contributed by atoms with van der Waals surface area (Å²) in [5.74, 6) is 0.629. The zero-order valence-electron chi connectivity index (χ0n) is 12.2. The molecule has 1 aliphatic rings. The molecule has 0 radical (unpaired) electrons. The van der Waals surface area contributed by atoms with Gasteiger partial charge < -0.3 is 10.1 Å². The lowest BCUT2D eigenvalue weighted by molar-refractivity contribution is -0.124. The van der Waals surface area contributed by atoms with Gasteiger partial charge in [0.2, 0.25) is 0 Å². The summed E-state index contributed by atoms with van der Waals surface area (Å²) in [6.45, 7) is 4.59. The van der Waals surface area contributed by atoms with Crippen LogP contribution in [0.15, 0.2) is 24.4 Å². The number of ether oxygens (including phenoxy) is 1. The Kier molecular flexibility index (Phi) is 3.70. The Morgan fingerprint density at radius 2 is 2.29 bits per heavy atom. The van der Waals surface area contributed by atoms with Gasteiger partial charge in [-0.05, 0) is 44.9 Å². The van der Waals surface area contributed by atoms with Crippen LogP contribution in [-0.2, 0) is 9.53 Å². The van der Waals surface area contributed by atoms with Gasteiger partial charge >= 0.3 is 0 Å². The van der Waals surface area contributed by atoms with Crippen LogP contribution < -0.4 is 5.32 Å². The number of hydrogen-bond acceptors (Lipinski definition) is 4. The Bertz CT molecular complexity index is 642. The van der Waals surface area contributed by atoms with E-state index in [-0.39, 0.29) is 12.0 Å². The number of hydrogen-bond donors (Lipinski definition) is 1. The summed E-state index contributed by atoms with van der Waals surface area (Å²) in [5, 5.41) is 7.21. The van der Waals surface area contributed by atoms with Crippen molar-refractivity contribution in [1.82, 2.24) is 14.8 Å². The van der Waals surface area contributed by atoms with Crippen molar-refractivity contribution in [2.45, 2.75) is 32.8 Å². The van der Waals surface area contributed by atoms with Crippen LogP contribution >= 0.6 is 0 Å². The zero-order valence-corrected chi connectivity index (χ0v) is 12.2. The van der Waals surface area contributed by atoms with E-state index in [1.165, 1.54) is 0 Å². The molecule has 0 bridgehead atoms. The summed E-state index contributed by atoms with van der Waals surface area (Å²) < 4.78 is 7.13. The second-order valence-electron chi connectivity index (χ2n) is 5.23. The highest BCUT2D eigenvalue weighted by Crippen LogP contribution is 2.16. The number of pyridine rings is 1. The molecular weight excluding hydrogens is 268 g/mol. The van der Waals surface area contributed by atoms with Gasteiger partial charge in [0, 0.05) is 12.3 Å². The topological polar surface area (TPSA) is 69.0 Å². The predicted octanol–water partition coefficient (Wildman–Crippen LogP) is 2.00. The summed E-state index contributed by atoms with van der Waals surface area (Å²) in [4.78, 5) is 16.3. The number of anilines is 1. The van der Waals surface area contributed by atoms with E-state index in [1.807, 2.05) is 32.0 Å². The second kappa shape index (κ2) is 5.65. The fourth-order valence-corrected chi connectivity index (χ4v) is 2.45. The van der Waals surface area contributed by atoms with Crippen LogP contribution in [0, 0.1) is 13.8 Å². The molecule has 3 rings (SSSR count). The third-order valence-corrected chi connectivity index (χ3v) is 3.46. The third-order valence-electron chi connectivity index (χ3n) is 3.46. The maximum Gasteiger partial charge on any atom is 0.253 e. The van der Waals surface area contributed by atoms with Crippen LogP contribution in [0.3, 0.4) is 0 Å². The number of carbonyl (C=O) groups is 1. The third kappa shape index (κ3) is 2.95. The van der Waals surface area contributed by atoms with Gasteiger partial charge in [0.1, 0.15) is 6.10 Å². The molecule has 6 heteroatoms. The van der Waals surface area contributed by atoms with Gasteiger partial charge in [0.25, 0.3) is 5.91 Å². The lowest BCUT2D eigenvalue weighted by atomic mass is 10.2. The molecule has 3 heterocycles. The van der Waals surface area contributed by atoms with Crippen molar-refractivity contribution in [3.8, 4) is 5.82 Å². The minimum absolute atomic E-state index is 0.104. The highest BCUT2D eigenvalue weighted by Gasteiger charge is 2.23. The lowest BCUT2D eigenvalue weighted by Crippen LogP contribution is -2.26. The van der Waals surface area contributed by atoms with Crippen LogP contribution in [0.2, 0.25) is 0 Å². The van der Waals surface area contributed by atoms with E-state index >= 15 is 0 Å². The molecular formula is C15H18N4O2. The Morgan fingerprint density at radius 3 is 2.86 bits per heavy atom. The fraction of sp³-hybridized carbons (Fsp3) is 0.400. The molecule has 1 atom stereocenters. The van der Waals surface area contributed by atoms with Crippen molar-refractivity contribution >= 4 is 11.6 Å². The lowest BCUT2D eigenvalue weighted by Gasteiger charge is -2.10. The number of nitrogens with one attached hydrogen (secondary N) is 1. The molecule has 1 fully saturated rings.